The van der Waals surface area contributed by atoms with Crippen molar-refractivity contribution in [3.05, 3.63) is 71.7 Å². The van der Waals surface area contributed by atoms with E-state index >= 15 is 0 Å². The molecule has 3 rings (SSSR count). The first kappa shape index (κ1) is 11.0. The van der Waals surface area contributed by atoms with Crippen LogP contribution in [0, 0.1) is 5.82 Å². The number of aryl methyl sites for hydroxylation is 1. The van der Waals surface area contributed by atoms with Crippen molar-refractivity contribution < 1.29 is 4.39 Å². The van der Waals surface area contributed by atoms with E-state index in [0.29, 0.717) is 5.52 Å². The summed E-state index contributed by atoms with van der Waals surface area (Å²) in [6, 6.07) is 15.5. The molecular weight excluding hydrogens is 225 g/mol. The Hall–Kier alpha value is -2.09. The van der Waals surface area contributed by atoms with E-state index in [9.17, 15) is 4.39 Å². The van der Waals surface area contributed by atoms with Crippen molar-refractivity contribution in [3.63, 3.8) is 0 Å². The average Bonchev–Trinajstić information content (AvgIpc) is 2.69. The molecule has 3 aromatic rings. The number of nitrogens with zero attached hydrogens (tertiary/aromatic N) is 1. The molecule has 0 bridgehead atoms. The fourth-order valence-corrected chi connectivity index (χ4v) is 2.46. The van der Waals surface area contributed by atoms with Crippen molar-refractivity contribution in [2.24, 2.45) is 7.05 Å². The zero-order valence-electron chi connectivity index (χ0n) is 10.2. The maximum Gasteiger partial charge on any atom is 0.147 e. The second-order valence-electron chi connectivity index (χ2n) is 4.56. The molecule has 1 heterocycles. The molecule has 0 atom stereocenters. The van der Waals surface area contributed by atoms with Gasteiger partial charge in [0.2, 0.25) is 0 Å². The number of aromatic nitrogens is 1. The first-order chi connectivity index (χ1) is 8.75. The van der Waals surface area contributed by atoms with E-state index < -0.39 is 0 Å². The Morgan fingerprint density at radius 1 is 1.00 bits per heavy atom. The molecule has 0 aliphatic rings. The molecule has 90 valence electrons. The number of fused-ring (bicyclic) bond motifs is 1. The number of para-hydroxylation sites is 1. The van der Waals surface area contributed by atoms with Gasteiger partial charge in [0.1, 0.15) is 5.82 Å². The molecule has 1 nitrogen and oxygen atoms in total. The van der Waals surface area contributed by atoms with Gasteiger partial charge in [-0.1, -0.05) is 42.5 Å². The third-order valence-electron chi connectivity index (χ3n) is 3.27. The highest BCUT2D eigenvalue weighted by Gasteiger charge is 2.10. The second kappa shape index (κ2) is 4.30. The van der Waals surface area contributed by atoms with Crippen molar-refractivity contribution in [1.82, 2.24) is 4.57 Å². The molecule has 0 spiro atoms. The average molecular weight is 239 g/mol. The predicted molar refractivity (Wildman–Crippen MR) is 72.1 cm³/mol. The van der Waals surface area contributed by atoms with E-state index in [1.165, 1.54) is 17.2 Å². The summed E-state index contributed by atoms with van der Waals surface area (Å²) in [5, 5.41) is 1.00. The van der Waals surface area contributed by atoms with Crippen LogP contribution in [0.4, 0.5) is 4.39 Å². The molecule has 2 heteroatoms. The zero-order chi connectivity index (χ0) is 12.5. The van der Waals surface area contributed by atoms with Crippen molar-refractivity contribution >= 4 is 10.9 Å². The lowest BCUT2D eigenvalue weighted by molar-refractivity contribution is 0.632. The normalized spacial score (nSPS) is 11.0. The molecule has 0 fully saturated rings. The van der Waals surface area contributed by atoms with E-state index in [4.69, 9.17) is 0 Å². The maximum atomic E-state index is 13.8. The smallest absolute Gasteiger partial charge is 0.147 e. The highest BCUT2D eigenvalue weighted by molar-refractivity contribution is 5.84. The molecule has 2 aromatic carbocycles. The summed E-state index contributed by atoms with van der Waals surface area (Å²) in [6.45, 7) is 0. The zero-order valence-corrected chi connectivity index (χ0v) is 10.2. The number of hydrogen-bond acceptors (Lipinski definition) is 0. The molecule has 0 aliphatic carbocycles. The molecule has 0 radical (unpaired) electrons. The molecule has 0 saturated heterocycles. The topological polar surface area (TPSA) is 4.93 Å². The minimum atomic E-state index is -0.158. The van der Waals surface area contributed by atoms with Crippen LogP contribution in [0.2, 0.25) is 0 Å². The van der Waals surface area contributed by atoms with E-state index in [-0.39, 0.29) is 5.82 Å². The lowest BCUT2D eigenvalue weighted by Gasteiger charge is -2.00. The van der Waals surface area contributed by atoms with Gasteiger partial charge in [-0.15, -0.1) is 0 Å². The summed E-state index contributed by atoms with van der Waals surface area (Å²) >= 11 is 0. The van der Waals surface area contributed by atoms with Gasteiger partial charge in [0.25, 0.3) is 0 Å². The van der Waals surface area contributed by atoms with Crippen LogP contribution in [-0.2, 0) is 13.5 Å². The third kappa shape index (κ3) is 1.80. The Bertz CT molecular complexity index is 683. The van der Waals surface area contributed by atoms with Gasteiger partial charge in [0, 0.05) is 18.6 Å². The second-order valence-corrected chi connectivity index (χ2v) is 4.56. The Kier molecular flexibility index (Phi) is 2.63. The van der Waals surface area contributed by atoms with Crippen LogP contribution in [0.25, 0.3) is 10.9 Å². The van der Waals surface area contributed by atoms with E-state index in [0.717, 1.165) is 11.8 Å². The summed E-state index contributed by atoms with van der Waals surface area (Å²) in [5.41, 5.74) is 3.09. The van der Waals surface area contributed by atoms with Gasteiger partial charge in [-0.3, -0.25) is 0 Å². The minimum absolute atomic E-state index is 0.158. The van der Waals surface area contributed by atoms with Gasteiger partial charge in [0.15, 0.2) is 0 Å². The largest absolute Gasteiger partial charge is 0.348 e. The number of hydrogen-bond donors (Lipinski definition) is 0. The maximum absolute atomic E-state index is 13.8. The monoisotopic (exact) mass is 239 g/mol. The van der Waals surface area contributed by atoms with Gasteiger partial charge < -0.3 is 4.57 Å². The molecule has 0 aliphatic heterocycles. The van der Waals surface area contributed by atoms with Gasteiger partial charge in [-0.05, 0) is 23.6 Å². The first-order valence-corrected chi connectivity index (χ1v) is 6.02. The molecule has 1 aromatic heterocycles. The van der Waals surface area contributed by atoms with E-state index in [1.54, 1.807) is 6.07 Å². The van der Waals surface area contributed by atoms with Gasteiger partial charge in [-0.2, -0.15) is 0 Å². The first-order valence-electron chi connectivity index (χ1n) is 6.02. The summed E-state index contributed by atoms with van der Waals surface area (Å²) in [4.78, 5) is 0. The lowest BCUT2D eigenvalue weighted by atomic mass is 10.0. The van der Waals surface area contributed by atoms with E-state index in [1.807, 2.05) is 42.1 Å². The van der Waals surface area contributed by atoms with Crippen molar-refractivity contribution in [2.45, 2.75) is 6.42 Å². The quantitative estimate of drug-likeness (QED) is 0.639. The fraction of sp³-hybridized carbons (Fsp3) is 0.125. The van der Waals surface area contributed by atoms with Crippen LogP contribution in [0.15, 0.2) is 54.7 Å². The Balaban J connectivity index is 2.11. The van der Waals surface area contributed by atoms with E-state index in [2.05, 4.69) is 12.1 Å². The highest BCUT2D eigenvalue weighted by atomic mass is 19.1. The SMILES string of the molecule is Cn1cc(Cc2ccccc2)c2cccc(F)c21. The van der Waals surface area contributed by atoms with Crippen LogP contribution < -0.4 is 0 Å². The molecule has 0 unspecified atom stereocenters. The Morgan fingerprint density at radius 3 is 2.56 bits per heavy atom. The Morgan fingerprint density at radius 2 is 1.78 bits per heavy atom. The van der Waals surface area contributed by atoms with Gasteiger partial charge in [-0.25, -0.2) is 4.39 Å². The van der Waals surface area contributed by atoms with Crippen LogP contribution in [0.3, 0.4) is 0 Å². The van der Waals surface area contributed by atoms with Gasteiger partial charge >= 0.3 is 0 Å². The van der Waals surface area contributed by atoms with Crippen molar-refractivity contribution in [1.29, 1.82) is 0 Å². The Labute approximate surface area is 105 Å². The summed E-state index contributed by atoms with van der Waals surface area (Å²) in [5.74, 6) is -0.158. The summed E-state index contributed by atoms with van der Waals surface area (Å²) in [6.07, 6.45) is 2.85. The molecule has 0 amide bonds. The van der Waals surface area contributed by atoms with Crippen LogP contribution in [0.5, 0.6) is 0 Å². The third-order valence-corrected chi connectivity index (χ3v) is 3.27. The summed E-state index contributed by atoms with van der Waals surface area (Å²) in [7, 11) is 1.89. The molecular formula is C16H14FN. The van der Waals surface area contributed by atoms with Crippen LogP contribution in [-0.4, -0.2) is 4.57 Å². The molecule has 0 saturated carbocycles. The minimum Gasteiger partial charge on any atom is -0.348 e. The number of halogens is 1. The summed E-state index contributed by atoms with van der Waals surface area (Å²) < 4.78 is 15.6. The predicted octanol–water partition coefficient (Wildman–Crippen LogP) is 3.91. The standard InChI is InChI=1S/C16H14FN/c1-18-11-13(10-12-6-3-2-4-7-12)14-8-5-9-15(17)16(14)18/h2-9,11H,10H2,1H3. The van der Waals surface area contributed by atoms with Gasteiger partial charge in [0.05, 0.1) is 5.52 Å². The number of rotatable bonds is 2. The highest BCUT2D eigenvalue weighted by Crippen LogP contribution is 2.25. The van der Waals surface area contributed by atoms with Crippen molar-refractivity contribution in [2.75, 3.05) is 0 Å². The molecule has 18 heavy (non-hydrogen) atoms. The van der Waals surface area contributed by atoms with Crippen LogP contribution in [0.1, 0.15) is 11.1 Å². The lowest BCUT2D eigenvalue weighted by Crippen LogP contribution is -1.86. The molecule has 0 N–H and O–H groups in total. The fourth-order valence-electron chi connectivity index (χ4n) is 2.46. The van der Waals surface area contributed by atoms with Crippen molar-refractivity contribution in [3.8, 4) is 0 Å². The number of benzene rings is 2. The van der Waals surface area contributed by atoms with Crippen LogP contribution >= 0.6 is 0 Å².